The highest BCUT2D eigenvalue weighted by molar-refractivity contribution is 6.30. The van der Waals surface area contributed by atoms with Gasteiger partial charge in [0.25, 0.3) is 5.56 Å². The van der Waals surface area contributed by atoms with Crippen LogP contribution >= 0.6 is 11.6 Å². The summed E-state index contributed by atoms with van der Waals surface area (Å²) in [6.07, 6.45) is 4.13. The van der Waals surface area contributed by atoms with Gasteiger partial charge in [-0.2, -0.15) is 0 Å². The number of halogens is 1. The van der Waals surface area contributed by atoms with E-state index in [0.717, 1.165) is 4.57 Å². The van der Waals surface area contributed by atoms with E-state index in [-0.39, 0.29) is 23.6 Å². The Hall–Kier alpha value is -3.47. The van der Waals surface area contributed by atoms with Gasteiger partial charge in [0.05, 0.1) is 17.3 Å². The fourth-order valence-electron chi connectivity index (χ4n) is 3.87. The molecule has 4 heterocycles. The molecule has 3 aromatic heterocycles. The third-order valence-electron chi connectivity index (χ3n) is 5.62. The maximum atomic E-state index is 12.9. The molecular formula is C20H22ClN7O4. The van der Waals surface area contributed by atoms with E-state index in [1.54, 1.807) is 19.2 Å². The van der Waals surface area contributed by atoms with Gasteiger partial charge >= 0.3 is 5.69 Å². The summed E-state index contributed by atoms with van der Waals surface area (Å²) < 4.78 is 3.67. The van der Waals surface area contributed by atoms with Gasteiger partial charge in [-0.3, -0.25) is 19.0 Å². The molecule has 0 radical (unpaired) electrons. The van der Waals surface area contributed by atoms with Crippen molar-refractivity contribution in [3.8, 4) is 0 Å². The number of likely N-dealkylation sites (tertiary alicyclic amines) is 1. The first kappa shape index (κ1) is 21.8. The lowest BCUT2D eigenvalue weighted by atomic mass is 9.97. The maximum absolute atomic E-state index is 12.9. The summed E-state index contributed by atoms with van der Waals surface area (Å²) in [4.78, 5) is 60.7. The molecule has 1 saturated heterocycles. The number of hydrogen-bond acceptors (Lipinski definition) is 6. The van der Waals surface area contributed by atoms with E-state index < -0.39 is 29.6 Å². The van der Waals surface area contributed by atoms with Crippen molar-refractivity contribution in [2.45, 2.75) is 19.4 Å². The van der Waals surface area contributed by atoms with Crippen molar-refractivity contribution < 1.29 is 9.59 Å². The Labute approximate surface area is 187 Å². The van der Waals surface area contributed by atoms with Crippen LogP contribution in [0.5, 0.6) is 0 Å². The van der Waals surface area contributed by atoms with Crippen molar-refractivity contribution in [3.63, 3.8) is 0 Å². The predicted molar refractivity (Wildman–Crippen MR) is 117 cm³/mol. The number of aryl methyl sites for hydroxylation is 2. The molecule has 1 atom stereocenters. The molecule has 4 rings (SSSR count). The molecule has 0 aliphatic carbocycles. The highest BCUT2D eigenvalue weighted by Gasteiger charge is 2.29. The topological polar surface area (TPSA) is 124 Å². The molecule has 11 nitrogen and oxygen atoms in total. The number of rotatable bonds is 4. The number of aromatic nitrogens is 5. The summed E-state index contributed by atoms with van der Waals surface area (Å²) in [5, 5.41) is 3.19. The van der Waals surface area contributed by atoms with Gasteiger partial charge in [0.15, 0.2) is 11.2 Å². The average Bonchev–Trinajstić information content (AvgIpc) is 3.18. The monoisotopic (exact) mass is 459 g/mol. The van der Waals surface area contributed by atoms with Gasteiger partial charge < -0.3 is 14.8 Å². The van der Waals surface area contributed by atoms with E-state index in [2.05, 4.69) is 15.3 Å². The largest absolute Gasteiger partial charge is 0.340 e. The second-order valence-electron chi connectivity index (χ2n) is 7.79. The number of nitrogens with one attached hydrogen (secondary N) is 1. The van der Waals surface area contributed by atoms with Gasteiger partial charge in [0.1, 0.15) is 12.4 Å². The normalized spacial score (nSPS) is 16.3. The molecule has 32 heavy (non-hydrogen) atoms. The van der Waals surface area contributed by atoms with E-state index in [1.165, 1.54) is 33.6 Å². The number of fused-ring (bicyclic) bond motifs is 1. The smallest absolute Gasteiger partial charge is 0.332 e. The molecular weight excluding hydrogens is 438 g/mol. The van der Waals surface area contributed by atoms with Crippen molar-refractivity contribution >= 4 is 40.4 Å². The number of hydrogen-bond donors (Lipinski definition) is 1. The van der Waals surface area contributed by atoms with Crippen LogP contribution in [0.1, 0.15) is 12.8 Å². The number of anilines is 1. The number of nitrogens with zero attached hydrogens (tertiary/aromatic N) is 6. The Balaban J connectivity index is 1.50. The quantitative estimate of drug-likeness (QED) is 0.600. The average molecular weight is 460 g/mol. The molecule has 2 amide bonds. The third-order valence-corrected chi connectivity index (χ3v) is 5.84. The van der Waals surface area contributed by atoms with Crippen LogP contribution in [-0.2, 0) is 30.2 Å². The Morgan fingerprint density at radius 3 is 2.72 bits per heavy atom. The molecule has 1 unspecified atom stereocenters. The van der Waals surface area contributed by atoms with Crippen LogP contribution in [0, 0.1) is 5.92 Å². The fraction of sp³-hybridized carbons (Fsp3) is 0.400. The number of carbonyl (C=O) groups is 2. The number of piperidine rings is 1. The molecule has 0 bridgehead atoms. The van der Waals surface area contributed by atoms with E-state index in [0.29, 0.717) is 30.2 Å². The molecule has 168 valence electrons. The molecule has 0 saturated carbocycles. The zero-order valence-corrected chi connectivity index (χ0v) is 18.4. The van der Waals surface area contributed by atoms with Crippen molar-refractivity contribution in [2.75, 3.05) is 18.4 Å². The second kappa shape index (κ2) is 8.58. The molecule has 1 aliphatic rings. The van der Waals surface area contributed by atoms with Crippen molar-refractivity contribution in [3.05, 3.63) is 50.5 Å². The van der Waals surface area contributed by atoms with E-state index in [9.17, 15) is 19.2 Å². The van der Waals surface area contributed by atoms with Crippen LogP contribution < -0.4 is 16.6 Å². The lowest BCUT2D eigenvalue weighted by molar-refractivity contribution is -0.135. The van der Waals surface area contributed by atoms with Crippen LogP contribution in [-0.4, -0.2) is 53.5 Å². The third kappa shape index (κ3) is 4.03. The molecule has 1 fully saturated rings. The Morgan fingerprint density at radius 2 is 2.00 bits per heavy atom. The van der Waals surface area contributed by atoms with Crippen LogP contribution in [0.25, 0.3) is 11.2 Å². The summed E-state index contributed by atoms with van der Waals surface area (Å²) >= 11 is 5.81. The van der Waals surface area contributed by atoms with Gasteiger partial charge in [-0.25, -0.2) is 19.3 Å². The van der Waals surface area contributed by atoms with Crippen LogP contribution in [0.4, 0.5) is 5.82 Å². The zero-order chi connectivity index (χ0) is 23.0. The van der Waals surface area contributed by atoms with Crippen LogP contribution in [0.2, 0.25) is 5.02 Å². The fourth-order valence-corrected chi connectivity index (χ4v) is 3.98. The minimum atomic E-state index is -0.616. The molecule has 0 aromatic carbocycles. The van der Waals surface area contributed by atoms with Crippen molar-refractivity contribution in [2.24, 2.45) is 20.0 Å². The van der Waals surface area contributed by atoms with Crippen molar-refractivity contribution in [1.82, 2.24) is 28.6 Å². The number of carbonyl (C=O) groups excluding carboxylic acids is 2. The van der Waals surface area contributed by atoms with Gasteiger partial charge in [0, 0.05) is 33.4 Å². The summed E-state index contributed by atoms with van der Waals surface area (Å²) in [7, 11) is 3.15. The summed E-state index contributed by atoms with van der Waals surface area (Å²) in [5.41, 5.74) is -0.686. The van der Waals surface area contributed by atoms with Crippen molar-refractivity contribution in [1.29, 1.82) is 0 Å². The first-order valence-electron chi connectivity index (χ1n) is 10.1. The minimum absolute atomic E-state index is 0.196. The Bertz CT molecular complexity index is 1310. The molecule has 12 heteroatoms. The van der Waals surface area contributed by atoms with Gasteiger partial charge in [-0.05, 0) is 25.0 Å². The second-order valence-corrected chi connectivity index (χ2v) is 8.23. The molecule has 1 aliphatic heterocycles. The van der Waals surface area contributed by atoms with E-state index in [1.807, 2.05) is 0 Å². The molecule has 3 aromatic rings. The predicted octanol–water partition coefficient (Wildman–Crippen LogP) is 0.359. The SMILES string of the molecule is Cn1cnc2c1c(=O)n(CC(=O)N1CCCC(C(=O)Nc3ccc(Cl)cn3)C1)c(=O)n2C. The number of pyridine rings is 1. The summed E-state index contributed by atoms with van der Waals surface area (Å²) in [5.74, 6) is -0.693. The molecule has 1 N–H and O–H groups in total. The highest BCUT2D eigenvalue weighted by Crippen LogP contribution is 2.19. The zero-order valence-electron chi connectivity index (χ0n) is 17.6. The van der Waals surface area contributed by atoms with Gasteiger partial charge in [-0.15, -0.1) is 0 Å². The summed E-state index contributed by atoms with van der Waals surface area (Å²) in [6.45, 7) is 0.242. The van der Waals surface area contributed by atoms with E-state index >= 15 is 0 Å². The maximum Gasteiger partial charge on any atom is 0.332 e. The minimum Gasteiger partial charge on any atom is -0.340 e. The molecule has 0 spiro atoms. The van der Waals surface area contributed by atoms with E-state index in [4.69, 9.17) is 11.6 Å². The number of amides is 2. The van der Waals surface area contributed by atoms with Crippen LogP contribution in [0.3, 0.4) is 0 Å². The van der Waals surface area contributed by atoms with Gasteiger partial charge in [-0.1, -0.05) is 11.6 Å². The number of imidazole rings is 1. The Morgan fingerprint density at radius 1 is 1.22 bits per heavy atom. The Kier molecular flexibility index (Phi) is 5.83. The highest BCUT2D eigenvalue weighted by atomic mass is 35.5. The first-order valence-corrected chi connectivity index (χ1v) is 10.4. The lowest BCUT2D eigenvalue weighted by Gasteiger charge is -2.32. The summed E-state index contributed by atoms with van der Waals surface area (Å²) in [6, 6.07) is 3.22. The standard InChI is InChI=1S/C20H22ClN7O4/c1-25-11-23-17-16(25)19(31)28(20(32)26(17)2)10-15(29)27-7-3-4-12(9-27)18(30)24-14-6-5-13(21)8-22-14/h5-6,8,11-12H,3-4,7,9-10H2,1-2H3,(H,22,24,30). The lowest BCUT2D eigenvalue weighted by Crippen LogP contribution is -2.48. The first-order chi connectivity index (χ1) is 15.3. The van der Waals surface area contributed by atoms with Crippen LogP contribution in [0.15, 0.2) is 34.2 Å². The van der Waals surface area contributed by atoms with Gasteiger partial charge in [0.2, 0.25) is 11.8 Å².